The van der Waals surface area contributed by atoms with Crippen LogP contribution in [0.2, 0.25) is 0 Å². The molecule has 6 nitrogen and oxygen atoms in total. The Morgan fingerprint density at radius 2 is 1.70 bits per heavy atom. The normalized spacial score (nSPS) is 11.2. The fraction of sp³-hybridized carbons (Fsp3) is 0.350. The molecule has 2 N–H and O–H groups in total. The van der Waals surface area contributed by atoms with E-state index in [2.05, 4.69) is 10.0 Å². The van der Waals surface area contributed by atoms with Gasteiger partial charge in [0.2, 0.25) is 15.9 Å². The van der Waals surface area contributed by atoms with Crippen LogP contribution in [0.3, 0.4) is 0 Å². The first-order valence-corrected chi connectivity index (χ1v) is 10.4. The standard InChI is InChI=1S/C20H26N2O4S/c1-4-26-18-8-6-17(7-9-18)14-20(23)21-11-12-22-27(24,25)19-10-5-15(2)16(3)13-19/h5-10,13,22H,4,11-12,14H2,1-3H3,(H,21,23). The van der Waals surface area contributed by atoms with E-state index in [1.807, 2.05) is 45.0 Å². The minimum atomic E-state index is -3.58. The molecule has 0 spiro atoms. The molecule has 2 aromatic rings. The molecular weight excluding hydrogens is 364 g/mol. The predicted octanol–water partition coefficient (Wildman–Crippen LogP) is 2.34. The first-order valence-electron chi connectivity index (χ1n) is 8.87. The number of sulfonamides is 1. The maximum Gasteiger partial charge on any atom is 0.240 e. The number of hydrogen-bond donors (Lipinski definition) is 2. The first kappa shape index (κ1) is 20.9. The van der Waals surface area contributed by atoms with E-state index in [1.165, 1.54) is 0 Å². The lowest BCUT2D eigenvalue weighted by molar-refractivity contribution is -0.120. The number of ether oxygens (including phenoxy) is 1. The van der Waals surface area contributed by atoms with E-state index < -0.39 is 10.0 Å². The fourth-order valence-corrected chi connectivity index (χ4v) is 3.59. The zero-order valence-electron chi connectivity index (χ0n) is 15.9. The molecular formula is C20H26N2O4S. The molecule has 0 bridgehead atoms. The van der Waals surface area contributed by atoms with Gasteiger partial charge in [-0.25, -0.2) is 13.1 Å². The molecule has 0 fully saturated rings. The molecule has 2 rings (SSSR count). The SMILES string of the molecule is CCOc1ccc(CC(=O)NCCNS(=O)(=O)c2ccc(C)c(C)c2)cc1. The molecule has 0 radical (unpaired) electrons. The van der Waals surface area contributed by atoms with Crippen molar-refractivity contribution >= 4 is 15.9 Å². The van der Waals surface area contributed by atoms with E-state index in [9.17, 15) is 13.2 Å². The van der Waals surface area contributed by atoms with E-state index in [0.717, 1.165) is 22.4 Å². The highest BCUT2D eigenvalue weighted by Gasteiger charge is 2.14. The maximum atomic E-state index is 12.3. The third-order valence-corrected chi connectivity index (χ3v) is 5.59. The zero-order valence-corrected chi connectivity index (χ0v) is 16.7. The zero-order chi connectivity index (χ0) is 19.9. The summed E-state index contributed by atoms with van der Waals surface area (Å²) in [6.45, 7) is 6.66. The molecule has 0 saturated heterocycles. The first-order chi connectivity index (χ1) is 12.8. The van der Waals surface area contributed by atoms with E-state index in [1.54, 1.807) is 18.2 Å². The van der Waals surface area contributed by atoms with Crippen molar-refractivity contribution in [2.24, 2.45) is 0 Å². The minimum absolute atomic E-state index is 0.129. The largest absolute Gasteiger partial charge is 0.494 e. The van der Waals surface area contributed by atoms with Crippen LogP contribution in [0.15, 0.2) is 47.4 Å². The molecule has 0 unspecified atom stereocenters. The smallest absolute Gasteiger partial charge is 0.240 e. The van der Waals surface area contributed by atoms with Crippen LogP contribution in [0.4, 0.5) is 0 Å². The number of carbonyl (C=O) groups excluding carboxylic acids is 1. The Balaban J connectivity index is 1.78. The highest BCUT2D eigenvalue weighted by molar-refractivity contribution is 7.89. The topological polar surface area (TPSA) is 84.5 Å². The van der Waals surface area contributed by atoms with E-state index in [0.29, 0.717) is 6.61 Å². The molecule has 1 amide bonds. The summed E-state index contributed by atoms with van der Waals surface area (Å²) in [6.07, 6.45) is 0.232. The van der Waals surface area contributed by atoms with Crippen molar-refractivity contribution in [3.05, 3.63) is 59.2 Å². The molecule has 0 heterocycles. The van der Waals surface area contributed by atoms with Crippen LogP contribution >= 0.6 is 0 Å². The molecule has 0 aliphatic heterocycles. The monoisotopic (exact) mass is 390 g/mol. The van der Waals surface area contributed by atoms with Crippen LogP contribution in [0.1, 0.15) is 23.6 Å². The Morgan fingerprint density at radius 3 is 2.33 bits per heavy atom. The summed E-state index contributed by atoms with van der Waals surface area (Å²) in [7, 11) is -3.58. The molecule has 0 aliphatic carbocycles. The van der Waals surface area contributed by atoms with Crippen LogP contribution in [0.5, 0.6) is 5.75 Å². The second-order valence-corrected chi connectivity index (χ2v) is 8.01. The van der Waals surface area contributed by atoms with Crippen molar-refractivity contribution < 1.29 is 17.9 Å². The van der Waals surface area contributed by atoms with Crippen LogP contribution in [-0.2, 0) is 21.2 Å². The fourth-order valence-electron chi connectivity index (χ4n) is 2.47. The summed E-state index contributed by atoms with van der Waals surface area (Å²) < 4.78 is 32.4. The third kappa shape index (κ3) is 6.37. The van der Waals surface area contributed by atoms with Gasteiger partial charge in [0, 0.05) is 13.1 Å². The van der Waals surface area contributed by atoms with Gasteiger partial charge in [0.05, 0.1) is 17.9 Å². The van der Waals surface area contributed by atoms with E-state index >= 15 is 0 Å². The molecule has 0 atom stereocenters. The van der Waals surface area contributed by atoms with Crippen molar-refractivity contribution in [1.29, 1.82) is 0 Å². The molecule has 27 heavy (non-hydrogen) atoms. The molecule has 7 heteroatoms. The van der Waals surface area contributed by atoms with Crippen molar-refractivity contribution in [2.75, 3.05) is 19.7 Å². The molecule has 146 valence electrons. The number of rotatable bonds is 9. The quantitative estimate of drug-likeness (QED) is 0.644. The second kappa shape index (κ2) is 9.53. The average Bonchev–Trinajstić information content (AvgIpc) is 2.63. The summed E-state index contributed by atoms with van der Waals surface area (Å²) in [6, 6.07) is 12.3. The van der Waals surface area contributed by atoms with Crippen LogP contribution in [-0.4, -0.2) is 34.0 Å². The summed E-state index contributed by atoms with van der Waals surface area (Å²) in [5.41, 5.74) is 2.82. The van der Waals surface area contributed by atoms with Crippen LogP contribution in [0, 0.1) is 13.8 Å². The summed E-state index contributed by atoms with van der Waals surface area (Å²) in [5, 5.41) is 2.72. The highest BCUT2D eigenvalue weighted by atomic mass is 32.2. The van der Waals surface area contributed by atoms with Gasteiger partial charge in [-0.2, -0.15) is 0 Å². The maximum absolute atomic E-state index is 12.3. The molecule has 2 aromatic carbocycles. The summed E-state index contributed by atoms with van der Waals surface area (Å²) in [4.78, 5) is 12.2. The lowest BCUT2D eigenvalue weighted by atomic mass is 10.1. The van der Waals surface area contributed by atoms with Crippen LogP contribution < -0.4 is 14.8 Å². The van der Waals surface area contributed by atoms with E-state index in [-0.39, 0.29) is 30.3 Å². The van der Waals surface area contributed by atoms with Crippen LogP contribution in [0.25, 0.3) is 0 Å². The molecule has 0 saturated carbocycles. The van der Waals surface area contributed by atoms with Gasteiger partial charge in [0.15, 0.2) is 0 Å². The van der Waals surface area contributed by atoms with Gasteiger partial charge in [-0.1, -0.05) is 18.2 Å². The van der Waals surface area contributed by atoms with Gasteiger partial charge in [0.25, 0.3) is 0 Å². The number of amides is 1. The number of aryl methyl sites for hydroxylation is 2. The minimum Gasteiger partial charge on any atom is -0.494 e. The van der Waals surface area contributed by atoms with Gasteiger partial charge in [-0.15, -0.1) is 0 Å². The number of carbonyl (C=O) groups is 1. The number of hydrogen-bond acceptors (Lipinski definition) is 4. The summed E-state index contributed by atoms with van der Waals surface area (Å²) >= 11 is 0. The van der Waals surface area contributed by atoms with Gasteiger partial charge in [0.1, 0.15) is 5.75 Å². The Morgan fingerprint density at radius 1 is 1.00 bits per heavy atom. The molecule has 0 aliphatic rings. The lowest BCUT2D eigenvalue weighted by Gasteiger charge is -2.10. The predicted molar refractivity (Wildman–Crippen MR) is 105 cm³/mol. The Kier molecular flexibility index (Phi) is 7.38. The lowest BCUT2D eigenvalue weighted by Crippen LogP contribution is -2.35. The number of benzene rings is 2. The van der Waals surface area contributed by atoms with E-state index in [4.69, 9.17) is 4.74 Å². The summed E-state index contributed by atoms with van der Waals surface area (Å²) in [5.74, 6) is 0.604. The second-order valence-electron chi connectivity index (χ2n) is 6.25. The van der Waals surface area contributed by atoms with Gasteiger partial charge in [-0.3, -0.25) is 4.79 Å². The van der Waals surface area contributed by atoms with Crippen molar-refractivity contribution in [2.45, 2.75) is 32.1 Å². The molecule has 0 aromatic heterocycles. The highest BCUT2D eigenvalue weighted by Crippen LogP contribution is 2.14. The Labute approximate surface area is 161 Å². The van der Waals surface area contributed by atoms with Crippen molar-refractivity contribution in [3.8, 4) is 5.75 Å². The number of nitrogens with one attached hydrogen (secondary N) is 2. The average molecular weight is 391 g/mol. The Hall–Kier alpha value is -2.38. The Bertz CT molecular complexity index is 877. The van der Waals surface area contributed by atoms with Gasteiger partial charge in [-0.05, 0) is 61.7 Å². The van der Waals surface area contributed by atoms with Crippen molar-refractivity contribution in [3.63, 3.8) is 0 Å². The van der Waals surface area contributed by atoms with Crippen molar-refractivity contribution in [1.82, 2.24) is 10.0 Å². The van der Waals surface area contributed by atoms with Gasteiger partial charge >= 0.3 is 0 Å². The third-order valence-electron chi connectivity index (χ3n) is 4.13. The van der Waals surface area contributed by atoms with Gasteiger partial charge < -0.3 is 10.1 Å².